The van der Waals surface area contributed by atoms with Gasteiger partial charge in [-0.15, -0.1) is 0 Å². The number of carbonyl (C=O) groups is 1. The number of anilines is 1. The van der Waals surface area contributed by atoms with Crippen LogP contribution in [0.2, 0.25) is 0 Å². The minimum Gasteiger partial charge on any atom is -0.480 e. The number of primary amides is 1. The van der Waals surface area contributed by atoms with Crippen molar-refractivity contribution >= 4 is 33.8 Å². The number of urea groups is 1. The number of nitrogens with zero attached hydrogens (tertiary/aromatic N) is 4. The number of aromatic nitrogens is 3. The Kier molecular flexibility index (Phi) is 5.43. The lowest BCUT2D eigenvalue weighted by Crippen LogP contribution is -2.48. The van der Waals surface area contributed by atoms with E-state index in [0.717, 1.165) is 28.9 Å². The summed E-state index contributed by atoms with van der Waals surface area (Å²) in [5, 5.41) is 3.88. The first kappa shape index (κ1) is 21.9. The van der Waals surface area contributed by atoms with Gasteiger partial charge >= 0.3 is 6.03 Å². The molecule has 0 bridgehead atoms. The second-order valence-corrected chi connectivity index (χ2v) is 8.43. The van der Waals surface area contributed by atoms with Gasteiger partial charge in [-0.1, -0.05) is 18.2 Å². The molecule has 5 rings (SSSR count). The number of nitrogens with two attached hydrogens (primary N) is 1. The molecule has 10 heteroatoms. The third-order valence-corrected chi connectivity index (χ3v) is 6.38. The van der Waals surface area contributed by atoms with Crippen LogP contribution in [0.25, 0.3) is 21.9 Å². The van der Waals surface area contributed by atoms with Gasteiger partial charge in [0.25, 0.3) is 0 Å². The van der Waals surface area contributed by atoms with Crippen LogP contribution in [0.5, 0.6) is 5.88 Å². The van der Waals surface area contributed by atoms with Crippen molar-refractivity contribution in [3.05, 3.63) is 59.8 Å². The average Bonchev–Trinajstić information content (AvgIpc) is 3.15. The second kappa shape index (κ2) is 8.44. The van der Waals surface area contributed by atoms with Crippen LogP contribution in [-0.4, -0.2) is 40.3 Å². The maximum Gasteiger partial charge on any atom is 0.312 e. The Labute approximate surface area is 194 Å². The summed E-state index contributed by atoms with van der Waals surface area (Å²) in [6, 6.07) is 11.0. The zero-order valence-corrected chi connectivity index (χ0v) is 18.8. The lowest BCUT2D eigenvalue weighted by Gasteiger charge is -2.40. The highest BCUT2D eigenvalue weighted by molar-refractivity contribution is 5.85. The summed E-state index contributed by atoms with van der Waals surface area (Å²) in [5.41, 5.74) is 7.35. The smallest absolute Gasteiger partial charge is 0.312 e. The van der Waals surface area contributed by atoms with Gasteiger partial charge in [-0.25, -0.2) is 23.5 Å². The number of rotatable bonds is 4. The topological polar surface area (TPSA) is 98.3 Å². The average molecular weight is 466 g/mol. The maximum atomic E-state index is 14.0. The number of fused-ring (bicyclic) bond motifs is 2. The number of carbonyl (C=O) groups excluding carboxylic acids is 1. The Morgan fingerprint density at radius 2 is 1.85 bits per heavy atom. The number of methoxy groups -OCH3 is 1. The van der Waals surface area contributed by atoms with E-state index in [0.29, 0.717) is 25.1 Å². The van der Waals surface area contributed by atoms with E-state index in [-0.39, 0.29) is 29.0 Å². The number of halogens is 2. The number of hydrogen-bond acceptors (Lipinski definition) is 5. The molecule has 2 aromatic heterocycles. The van der Waals surface area contributed by atoms with Crippen LogP contribution >= 0.6 is 0 Å². The molecule has 2 unspecified atom stereocenters. The Bertz CT molecular complexity index is 1410. The van der Waals surface area contributed by atoms with E-state index in [9.17, 15) is 13.6 Å². The standard InChI is InChI=1S/C24H24F2N6O2/c1-31-19-6-4-3-5-13(19)9-21(31)32-8-7-14(28-24(27)33)10-20(32)22-23(34-2)30-18-12-16(26)15(25)11-17(18)29-22/h3-6,9,11-12,14,20H,7-8,10H2,1-2H3,(H3,27,28,33). The number of nitrogens with one attached hydrogen (secondary N) is 1. The predicted octanol–water partition coefficient (Wildman–Crippen LogP) is 3.79. The monoisotopic (exact) mass is 466 g/mol. The minimum absolute atomic E-state index is 0.193. The summed E-state index contributed by atoms with van der Waals surface area (Å²) < 4.78 is 35.4. The molecule has 1 fully saturated rings. The molecule has 1 aliphatic rings. The van der Waals surface area contributed by atoms with Crippen molar-refractivity contribution < 1.29 is 18.3 Å². The molecule has 2 atom stereocenters. The van der Waals surface area contributed by atoms with Gasteiger partial charge in [-0.05, 0) is 25.0 Å². The van der Waals surface area contributed by atoms with Gasteiger partial charge in [0.15, 0.2) is 11.6 Å². The fourth-order valence-corrected chi connectivity index (χ4v) is 4.80. The van der Waals surface area contributed by atoms with E-state index in [4.69, 9.17) is 10.5 Å². The molecule has 176 valence electrons. The molecule has 2 aromatic carbocycles. The van der Waals surface area contributed by atoms with E-state index in [2.05, 4.69) is 30.8 Å². The van der Waals surface area contributed by atoms with Crippen LogP contribution in [0.3, 0.4) is 0 Å². The number of para-hydroxylation sites is 1. The zero-order chi connectivity index (χ0) is 24.0. The van der Waals surface area contributed by atoms with Gasteiger partial charge < -0.3 is 25.3 Å². The fourth-order valence-electron chi connectivity index (χ4n) is 4.80. The van der Waals surface area contributed by atoms with Crippen molar-refractivity contribution in [3.63, 3.8) is 0 Å². The fraction of sp³-hybridized carbons (Fsp3) is 0.292. The summed E-state index contributed by atoms with van der Waals surface area (Å²) in [7, 11) is 3.45. The quantitative estimate of drug-likeness (QED) is 0.477. The van der Waals surface area contributed by atoms with Crippen LogP contribution in [0.4, 0.5) is 19.4 Å². The lowest BCUT2D eigenvalue weighted by molar-refractivity contribution is 0.240. The van der Waals surface area contributed by atoms with E-state index in [1.807, 2.05) is 31.3 Å². The SMILES string of the molecule is COc1nc2cc(F)c(F)cc2nc1C1CC(NC(N)=O)CCN1c1cc2ccccc2n1C. The normalized spacial score (nSPS) is 18.4. The summed E-state index contributed by atoms with van der Waals surface area (Å²) in [6.07, 6.45) is 1.15. The van der Waals surface area contributed by atoms with Crippen molar-refractivity contribution in [2.45, 2.75) is 24.9 Å². The van der Waals surface area contributed by atoms with Crippen molar-refractivity contribution in [1.29, 1.82) is 0 Å². The van der Waals surface area contributed by atoms with Gasteiger partial charge in [0, 0.05) is 42.7 Å². The maximum absolute atomic E-state index is 14.0. The summed E-state index contributed by atoms with van der Waals surface area (Å²) in [6.45, 7) is 0.598. The Balaban J connectivity index is 1.66. The van der Waals surface area contributed by atoms with Gasteiger partial charge in [0.2, 0.25) is 5.88 Å². The molecule has 0 spiro atoms. The van der Waals surface area contributed by atoms with Crippen molar-refractivity contribution in [1.82, 2.24) is 19.9 Å². The second-order valence-electron chi connectivity index (χ2n) is 8.43. The summed E-state index contributed by atoms with van der Waals surface area (Å²) >= 11 is 0. The van der Waals surface area contributed by atoms with Crippen molar-refractivity contribution in [3.8, 4) is 5.88 Å². The molecule has 3 N–H and O–H groups in total. The van der Waals surface area contributed by atoms with Crippen molar-refractivity contribution in [2.24, 2.45) is 12.8 Å². The number of aryl methyl sites for hydroxylation is 1. The predicted molar refractivity (Wildman–Crippen MR) is 125 cm³/mol. The summed E-state index contributed by atoms with van der Waals surface area (Å²) in [4.78, 5) is 22.8. The highest BCUT2D eigenvalue weighted by Crippen LogP contribution is 2.40. The number of hydrogen-bond donors (Lipinski definition) is 2. The highest BCUT2D eigenvalue weighted by Gasteiger charge is 2.35. The molecule has 0 saturated carbocycles. The molecular weight excluding hydrogens is 442 g/mol. The summed E-state index contributed by atoms with van der Waals surface area (Å²) in [5.74, 6) is -0.831. The van der Waals surface area contributed by atoms with Crippen LogP contribution < -0.4 is 20.7 Å². The van der Waals surface area contributed by atoms with E-state index in [1.54, 1.807) is 0 Å². The minimum atomic E-state index is -1.00. The van der Waals surface area contributed by atoms with Crippen LogP contribution in [0.15, 0.2) is 42.5 Å². The van der Waals surface area contributed by atoms with Crippen molar-refractivity contribution in [2.75, 3.05) is 18.6 Å². The third kappa shape index (κ3) is 3.74. The number of amides is 2. The Morgan fingerprint density at radius 1 is 1.15 bits per heavy atom. The van der Waals surface area contributed by atoms with Gasteiger partial charge in [-0.2, -0.15) is 0 Å². The molecule has 2 amide bonds. The molecule has 4 aromatic rings. The molecule has 3 heterocycles. The molecule has 0 aliphatic carbocycles. The van der Waals surface area contributed by atoms with E-state index < -0.39 is 17.7 Å². The first-order valence-corrected chi connectivity index (χ1v) is 10.9. The van der Waals surface area contributed by atoms with Gasteiger partial charge in [0.05, 0.1) is 24.2 Å². The lowest BCUT2D eigenvalue weighted by atomic mass is 9.94. The Hall–Kier alpha value is -3.95. The first-order chi connectivity index (χ1) is 16.4. The van der Waals surface area contributed by atoms with E-state index in [1.165, 1.54) is 7.11 Å². The highest BCUT2D eigenvalue weighted by atomic mass is 19.2. The molecule has 1 aliphatic heterocycles. The molecule has 34 heavy (non-hydrogen) atoms. The number of ether oxygens (including phenoxy) is 1. The van der Waals surface area contributed by atoms with Crippen LogP contribution in [0, 0.1) is 11.6 Å². The van der Waals surface area contributed by atoms with Gasteiger partial charge in [-0.3, -0.25) is 0 Å². The zero-order valence-electron chi connectivity index (χ0n) is 18.8. The van der Waals surface area contributed by atoms with E-state index >= 15 is 0 Å². The largest absolute Gasteiger partial charge is 0.480 e. The Morgan fingerprint density at radius 3 is 2.53 bits per heavy atom. The molecular formula is C24H24F2N6O2. The first-order valence-electron chi connectivity index (χ1n) is 10.9. The van der Waals surface area contributed by atoms with Gasteiger partial charge in [0.1, 0.15) is 11.5 Å². The third-order valence-electron chi connectivity index (χ3n) is 6.38. The number of benzene rings is 2. The molecule has 0 radical (unpaired) electrons. The van der Waals surface area contributed by atoms with Crippen LogP contribution in [0.1, 0.15) is 24.6 Å². The molecule has 1 saturated heterocycles. The van der Waals surface area contributed by atoms with Crippen LogP contribution in [-0.2, 0) is 7.05 Å². The number of piperidine rings is 1. The molecule has 8 nitrogen and oxygen atoms in total.